The Morgan fingerprint density at radius 3 is 2.74 bits per heavy atom. The van der Waals surface area contributed by atoms with Gasteiger partial charge in [0, 0.05) is 24.0 Å². The fraction of sp³-hybridized carbons (Fsp3) is 0.333. The van der Waals surface area contributed by atoms with Crippen molar-refractivity contribution in [2.45, 2.75) is 19.0 Å². The Bertz CT molecular complexity index is 568. The first kappa shape index (κ1) is 13.4. The van der Waals surface area contributed by atoms with Crippen LogP contribution in [-0.4, -0.2) is 22.7 Å². The molecule has 0 bridgehead atoms. The van der Waals surface area contributed by atoms with Crippen molar-refractivity contribution in [3.8, 4) is 0 Å². The lowest BCUT2D eigenvalue weighted by Crippen LogP contribution is -2.11. The molecule has 0 saturated carbocycles. The van der Waals surface area contributed by atoms with E-state index in [2.05, 4.69) is 15.3 Å². The minimum Gasteiger partial charge on any atom is -0.399 e. The monoisotopic (exact) mass is 270 g/mol. The molecule has 0 atom stereocenters. The summed E-state index contributed by atoms with van der Waals surface area (Å²) in [6.07, 6.45) is -3.58. The van der Waals surface area contributed by atoms with Gasteiger partial charge in [0.2, 0.25) is 0 Å². The zero-order valence-corrected chi connectivity index (χ0v) is 10.0. The fourth-order valence-corrected chi connectivity index (χ4v) is 1.71. The van der Waals surface area contributed by atoms with Crippen LogP contribution in [0.5, 0.6) is 0 Å². The molecule has 7 heteroatoms. The number of hydrogen-bond donors (Lipinski definition) is 2. The van der Waals surface area contributed by atoms with Crippen LogP contribution in [0.15, 0.2) is 24.5 Å². The SMILES string of the molecule is Nc1ccc2ncnc(NCCCC(F)(F)F)c2c1. The smallest absolute Gasteiger partial charge is 0.389 e. The molecule has 0 spiro atoms. The van der Waals surface area contributed by atoms with Crippen LogP contribution in [0.4, 0.5) is 24.7 Å². The number of aromatic nitrogens is 2. The van der Waals surface area contributed by atoms with Gasteiger partial charge in [-0.1, -0.05) is 0 Å². The Morgan fingerprint density at radius 2 is 2.00 bits per heavy atom. The number of nitrogens with zero attached hydrogens (tertiary/aromatic N) is 2. The van der Waals surface area contributed by atoms with Crippen molar-refractivity contribution in [3.63, 3.8) is 0 Å². The first-order valence-corrected chi connectivity index (χ1v) is 5.76. The zero-order valence-electron chi connectivity index (χ0n) is 10.0. The van der Waals surface area contributed by atoms with E-state index in [4.69, 9.17) is 5.73 Å². The number of halogens is 3. The molecule has 0 radical (unpaired) electrons. The summed E-state index contributed by atoms with van der Waals surface area (Å²) in [5.74, 6) is 0.500. The summed E-state index contributed by atoms with van der Waals surface area (Å²) in [5, 5.41) is 3.58. The van der Waals surface area contributed by atoms with Gasteiger partial charge in [-0.3, -0.25) is 0 Å². The summed E-state index contributed by atoms with van der Waals surface area (Å²) in [5.41, 5.74) is 6.93. The predicted octanol–water partition coefficient (Wildman–Crippen LogP) is 2.97. The molecular weight excluding hydrogens is 257 g/mol. The number of nitrogens with two attached hydrogens (primary N) is 1. The molecule has 0 amide bonds. The largest absolute Gasteiger partial charge is 0.399 e. The third kappa shape index (κ3) is 3.70. The highest BCUT2D eigenvalue weighted by Gasteiger charge is 2.25. The summed E-state index contributed by atoms with van der Waals surface area (Å²) in [6, 6.07) is 5.15. The maximum absolute atomic E-state index is 12.0. The third-order valence-corrected chi connectivity index (χ3v) is 2.59. The van der Waals surface area contributed by atoms with Gasteiger partial charge in [0.25, 0.3) is 0 Å². The summed E-state index contributed by atoms with van der Waals surface area (Å²) < 4.78 is 36.1. The number of rotatable bonds is 4. The lowest BCUT2D eigenvalue weighted by atomic mass is 10.2. The molecule has 3 N–H and O–H groups in total. The Balaban J connectivity index is 2.06. The van der Waals surface area contributed by atoms with Crippen molar-refractivity contribution in [1.82, 2.24) is 9.97 Å². The van der Waals surface area contributed by atoms with Crippen LogP contribution < -0.4 is 11.1 Å². The molecule has 4 nitrogen and oxygen atoms in total. The fourth-order valence-electron chi connectivity index (χ4n) is 1.71. The molecular formula is C12H13F3N4. The second-order valence-corrected chi connectivity index (χ2v) is 4.14. The molecule has 2 aromatic rings. The maximum Gasteiger partial charge on any atom is 0.389 e. The number of anilines is 2. The number of fused-ring (bicyclic) bond motifs is 1. The molecule has 0 saturated heterocycles. The number of nitrogens with one attached hydrogen (secondary N) is 1. The Hall–Kier alpha value is -2.05. The summed E-state index contributed by atoms with van der Waals surface area (Å²) >= 11 is 0. The van der Waals surface area contributed by atoms with E-state index in [1.807, 2.05) is 0 Å². The van der Waals surface area contributed by atoms with Crippen molar-refractivity contribution in [2.24, 2.45) is 0 Å². The predicted molar refractivity (Wildman–Crippen MR) is 67.7 cm³/mol. The van der Waals surface area contributed by atoms with E-state index in [-0.39, 0.29) is 13.0 Å². The molecule has 0 aliphatic carbocycles. The Labute approximate surface area is 107 Å². The van der Waals surface area contributed by atoms with Gasteiger partial charge in [0.15, 0.2) is 0 Å². The average molecular weight is 270 g/mol. The molecule has 1 aromatic carbocycles. The number of benzene rings is 1. The Morgan fingerprint density at radius 1 is 1.21 bits per heavy atom. The minimum atomic E-state index is -4.13. The second kappa shape index (κ2) is 5.29. The van der Waals surface area contributed by atoms with Crippen molar-refractivity contribution < 1.29 is 13.2 Å². The van der Waals surface area contributed by atoms with E-state index in [1.54, 1.807) is 18.2 Å². The number of hydrogen-bond acceptors (Lipinski definition) is 4. The van der Waals surface area contributed by atoms with Gasteiger partial charge in [0.05, 0.1) is 5.52 Å². The van der Waals surface area contributed by atoms with Crippen LogP contribution in [0.3, 0.4) is 0 Å². The molecule has 102 valence electrons. The highest BCUT2D eigenvalue weighted by molar-refractivity contribution is 5.91. The van der Waals surface area contributed by atoms with Crippen LogP contribution in [0, 0.1) is 0 Å². The highest BCUT2D eigenvalue weighted by Crippen LogP contribution is 2.23. The zero-order chi connectivity index (χ0) is 13.9. The standard InChI is InChI=1S/C12H13F3N4/c13-12(14,15)4-1-5-17-11-9-6-8(16)2-3-10(9)18-7-19-11/h2-3,6-7H,1,4-5,16H2,(H,17,18,19). The normalized spacial score (nSPS) is 11.7. The number of nitrogen functional groups attached to an aromatic ring is 1. The van der Waals surface area contributed by atoms with Gasteiger partial charge in [0.1, 0.15) is 12.1 Å². The van der Waals surface area contributed by atoms with Gasteiger partial charge in [-0.05, 0) is 24.6 Å². The molecule has 1 aromatic heterocycles. The second-order valence-electron chi connectivity index (χ2n) is 4.14. The van der Waals surface area contributed by atoms with Gasteiger partial charge >= 0.3 is 6.18 Å². The first-order chi connectivity index (χ1) is 8.96. The highest BCUT2D eigenvalue weighted by atomic mass is 19.4. The lowest BCUT2D eigenvalue weighted by molar-refractivity contribution is -0.134. The van der Waals surface area contributed by atoms with Crippen molar-refractivity contribution in [3.05, 3.63) is 24.5 Å². The summed E-state index contributed by atoms with van der Waals surface area (Å²) in [7, 11) is 0. The minimum absolute atomic E-state index is 0.00267. The van der Waals surface area contributed by atoms with Crippen LogP contribution in [0.2, 0.25) is 0 Å². The van der Waals surface area contributed by atoms with E-state index in [0.717, 1.165) is 0 Å². The molecule has 0 fully saturated rings. The molecule has 19 heavy (non-hydrogen) atoms. The summed E-state index contributed by atoms with van der Waals surface area (Å²) in [6.45, 7) is 0.195. The topological polar surface area (TPSA) is 63.8 Å². The maximum atomic E-state index is 12.0. The molecule has 0 unspecified atom stereocenters. The average Bonchev–Trinajstić information content (AvgIpc) is 2.33. The lowest BCUT2D eigenvalue weighted by Gasteiger charge is -2.09. The first-order valence-electron chi connectivity index (χ1n) is 5.76. The molecule has 1 heterocycles. The van der Waals surface area contributed by atoms with E-state index in [9.17, 15) is 13.2 Å². The van der Waals surface area contributed by atoms with Crippen molar-refractivity contribution in [1.29, 1.82) is 0 Å². The Kier molecular flexibility index (Phi) is 3.73. The quantitative estimate of drug-likeness (QED) is 0.662. The van der Waals surface area contributed by atoms with E-state index in [1.165, 1.54) is 6.33 Å². The van der Waals surface area contributed by atoms with E-state index >= 15 is 0 Å². The van der Waals surface area contributed by atoms with Crippen LogP contribution in [0.25, 0.3) is 10.9 Å². The van der Waals surface area contributed by atoms with E-state index in [0.29, 0.717) is 22.4 Å². The van der Waals surface area contributed by atoms with Gasteiger partial charge in [-0.25, -0.2) is 9.97 Å². The molecule has 0 aliphatic rings. The van der Waals surface area contributed by atoms with Gasteiger partial charge in [-0.2, -0.15) is 13.2 Å². The van der Waals surface area contributed by atoms with Crippen LogP contribution in [0.1, 0.15) is 12.8 Å². The molecule has 0 aliphatic heterocycles. The van der Waals surface area contributed by atoms with E-state index < -0.39 is 12.6 Å². The molecule has 2 rings (SSSR count). The van der Waals surface area contributed by atoms with Crippen LogP contribution >= 0.6 is 0 Å². The number of alkyl halides is 3. The van der Waals surface area contributed by atoms with Crippen molar-refractivity contribution >= 4 is 22.4 Å². The third-order valence-electron chi connectivity index (χ3n) is 2.59. The van der Waals surface area contributed by atoms with Gasteiger partial charge < -0.3 is 11.1 Å². The van der Waals surface area contributed by atoms with Gasteiger partial charge in [-0.15, -0.1) is 0 Å². The van der Waals surface area contributed by atoms with Crippen molar-refractivity contribution in [2.75, 3.05) is 17.6 Å². The summed E-state index contributed by atoms with van der Waals surface area (Å²) in [4.78, 5) is 8.09. The van der Waals surface area contributed by atoms with Crippen LogP contribution in [-0.2, 0) is 0 Å².